The SMILES string of the molecule is COC[C@@H]1CCCN1S(=O)(=O)c1c(Cl)ccc(NC(=O)Nc2ccccc2Cl)c1O. The maximum Gasteiger partial charge on any atom is 0.323 e. The number of carbonyl (C=O) groups is 1. The molecule has 3 N–H and O–H groups in total. The quantitative estimate of drug-likeness (QED) is 0.546. The largest absolute Gasteiger partial charge is 0.504 e. The van der Waals surface area contributed by atoms with Gasteiger partial charge in [0.15, 0.2) is 5.75 Å². The van der Waals surface area contributed by atoms with E-state index in [4.69, 9.17) is 27.9 Å². The standard InChI is InChI=1S/C19H21Cl2N3O5S/c1-29-11-12-5-4-10-24(12)30(27,28)18-14(21)8-9-16(17(18)25)23-19(26)22-15-7-3-2-6-13(15)20/h2-3,6-9,12,25H,4-5,10-11H2,1H3,(H2,22,23,26)/t12-/m0/s1. The first-order chi connectivity index (χ1) is 14.3. The average Bonchev–Trinajstić information content (AvgIpc) is 3.15. The molecule has 0 radical (unpaired) electrons. The van der Waals surface area contributed by atoms with Gasteiger partial charge in [0.25, 0.3) is 0 Å². The number of anilines is 2. The zero-order valence-corrected chi connectivity index (χ0v) is 18.4. The molecule has 0 unspecified atom stereocenters. The van der Waals surface area contributed by atoms with Crippen LogP contribution in [-0.4, -0.2) is 50.2 Å². The molecule has 1 saturated heterocycles. The van der Waals surface area contributed by atoms with Gasteiger partial charge in [-0.25, -0.2) is 13.2 Å². The first kappa shape index (κ1) is 22.6. The third-order valence-electron chi connectivity index (χ3n) is 4.70. The van der Waals surface area contributed by atoms with E-state index in [1.807, 2.05) is 0 Å². The van der Waals surface area contributed by atoms with E-state index in [0.29, 0.717) is 23.6 Å². The van der Waals surface area contributed by atoms with Gasteiger partial charge in [-0.1, -0.05) is 35.3 Å². The first-order valence-electron chi connectivity index (χ1n) is 9.10. The van der Waals surface area contributed by atoms with Crippen LogP contribution in [0.5, 0.6) is 5.75 Å². The number of carbonyl (C=O) groups excluding carboxylic acids is 1. The lowest BCUT2D eigenvalue weighted by Gasteiger charge is -2.25. The Morgan fingerprint density at radius 3 is 2.57 bits per heavy atom. The minimum Gasteiger partial charge on any atom is -0.504 e. The predicted octanol–water partition coefficient (Wildman–Crippen LogP) is 4.14. The molecule has 1 aliphatic heterocycles. The zero-order chi connectivity index (χ0) is 21.9. The summed E-state index contributed by atoms with van der Waals surface area (Å²) in [5.41, 5.74) is 0.252. The molecule has 2 amide bonds. The van der Waals surface area contributed by atoms with E-state index in [0.717, 1.165) is 0 Å². The normalized spacial score (nSPS) is 17.1. The second kappa shape index (κ2) is 9.40. The van der Waals surface area contributed by atoms with E-state index in [2.05, 4.69) is 10.6 Å². The molecule has 3 rings (SSSR count). The Morgan fingerprint density at radius 2 is 1.87 bits per heavy atom. The molecule has 1 fully saturated rings. The highest BCUT2D eigenvalue weighted by Gasteiger charge is 2.38. The zero-order valence-electron chi connectivity index (χ0n) is 16.1. The second-order valence-electron chi connectivity index (χ2n) is 6.70. The average molecular weight is 474 g/mol. The molecular weight excluding hydrogens is 453 g/mol. The van der Waals surface area contributed by atoms with Gasteiger partial charge < -0.3 is 20.5 Å². The highest BCUT2D eigenvalue weighted by atomic mass is 35.5. The number of hydrogen-bond donors (Lipinski definition) is 3. The van der Waals surface area contributed by atoms with Crippen molar-refractivity contribution < 1.29 is 23.1 Å². The number of amides is 2. The summed E-state index contributed by atoms with van der Waals surface area (Å²) in [5, 5.41) is 15.8. The lowest BCUT2D eigenvalue weighted by atomic mass is 10.2. The van der Waals surface area contributed by atoms with Crippen molar-refractivity contribution in [3.63, 3.8) is 0 Å². The van der Waals surface area contributed by atoms with Crippen LogP contribution in [0.1, 0.15) is 12.8 Å². The molecular formula is C19H21Cl2N3O5S. The topological polar surface area (TPSA) is 108 Å². The van der Waals surface area contributed by atoms with Gasteiger partial charge in [-0.2, -0.15) is 4.31 Å². The summed E-state index contributed by atoms with van der Waals surface area (Å²) in [6, 6.07) is 8.18. The van der Waals surface area contributed by atoms with Crippen LogP contribution in [-0.2, 0) is 14.8 Å². The van der Waals surface area contributed by atoms with Crippen molar-refractivity contribution in [1.29, 1.82) is 0 Å². The number of phenolic OH excluding ortho intramolecular Hbond substituents is 1. The number of aromatic hydroxyl groups is 1. The molecule has 2 aromatic rings. The summed E-state index contributed by atoms with van der Waals surface area (Å²) in [6.07, 6.45) is 1.31. The van der Waals surface area contributed by atoms with E-state index in [-0.39, 0.29) is 29.9 Å². The lowest BCUT2D eigenvalue weighted by Crippen LogP contribution is -2.38. The number of ether oxygens (including phenoxy) is 1. The molecule has 2 aromatic carbocycles. The summed E-state index contributed by atoms with van der Waals surface area (Å²) >= 11 is 12.1. The number of sulfonamides is 1. The van der Waals surface area contributed by atoms with E-state index >= 15 is 0 Å². The van der Waals surface area contributed by atoms with Crippen LogP contribution in [0.4, 0.5) is 16.2 Å². The summed E-state index contributed by atoms with van der Waals surface area (Å²) in [4.78, 5) is 11.9. The van der Waals surface area contributed by atoms with Crippen molar-refractivity contribution in [3.8, 4) is 5.75 Å². The Balaban J connectivity index is 1.88. The monoisotopic (exact) mass is 473 g/mol. The first-order valence-corrected chi connectivity index (χ1v) is 11.3. The number of para-hydroxylation sites is 1. The minimum atomic E-state index is -4.12. The third kappa shape index (κ3) is 4.65. The van der Waals surface area contributed by atoms with Gasteiger partial charge in [0.2, 0.25) is 10.0 Å². The van der Waals surface area contributed by atoms with Crippen LogP contribution in [0, 0.1) is 0 Å². The summed E-state index contributed by atoms with van der Waals surface area (Å²) in [6.45, 7) is 0.520. The number of methoxy groups -OCH3 is 1. The highest BCUT2D eigenvalue weighted by molar-refractivity contribution is 7.89. The molecule has 0 aliphatic carbocycles. The number of urea groups is 1. The number of phenols is 1. The molecule has 0 spiro atoms. The molecule has 0 saturated carbocycles. The van der Waals surface area contributed by atoms with Gasteiger partial charge in [0, 0.05) is 19.7 Å². The Bertz CT molecular complexity index is 1050. The van der Waals surface area contributed by atoms with Gasteiger partial charge >= 0.3 is 6.03 Å². The molecule has 11 heteroatoms. The Kier molecular flexibility index (Phi) is 7.10. The summed E-state index contributed by atoms with van der Waals surface area (Å²) in [7, 11) is -2.62. The minimum absolute atomic E-state index is 0.106. The van der Waals surface area contributed by atoms with E-state index in [9.17, 15) is 18.3 Å². The maximum atomic E-state index is 13.2. The van der Waals surface area contributed by atoms with Gasteiger partial charge in [-0.05, 0) is 37.1 Å². The van der Waals surface area contributed by atoms with Crippen molar-refractivity contribution in [3.05, 3.63) is 46.4 Å². The molecule has 1 atom stereocenters. The highest BCUT2D eigenvalue weighted by Crippen LogP contribution is 2.40. The van der Waals surface area contributed by atoms with Gasteiger partial charge in [0.1, 0.15) is 4.90 Å². The van der Waals surface area contributed by atoms with Crippen molar-refractivity contribution >= 4 is 50.6 Å². The summed E-state index contributed by atoms with van der Waals surface area (Å²) < 4.78 is 32.8. The molecule has 1 aliphatic rings. The smallest absolute Gasteiger partial charge is 0.323 e. The van der Waals surface area contributed by atoms with Gasteiger partial charge in [-0.15, -0.1) is 0 Å². The number of halogens is 2. The number of nitrogens with one attached hydrogen (secondary N) is 2. The van der Waals surface area contributed by atoms with Gasteiger partial charge in [0.05, 0.1) is 28.0 Å². The van der Waals surface area contributed by atoms with Crippen LogP contribution in [0.15, 0.2) is 41.3 Å². The van der Waals surface area contributed by atoms with Crippen LogP contribution >= 0.6 is 23.2 Å². The van der Waals surface area contributed by atoms with E-state index < -0.39 is 26.7 Å². The Morgan fingerprint density at radius 1 is 1.17 bits per heavy atom. The molecule has 1 heterocycles. The fraction of sp³-hybridized carbons (Fsp3) is 0.316. The van der Waals surface area contributed by atoms with Crippen LogP contribution in [0.3, 0.4) is 0 Å². The fourth-order valence-electron chi connectivity index (χ4n) is 3.33. The van der Waals surface area contributed by atoms with Crippen molar-refractivity contribution in [2.45, 2.75) is 23.8 Å². The third-order valence-corrected chi connectivity index (χ3v) is 7.49. The van der Waals surface area contributed by atoms with Crippen LogP contribution in [0.2, 0.25) is 10.0 Å². The molecule has 0 bridgehead atoms. The lowest BCUT2D eigenvalue weighted by molar-refractivity contribution is 0.149. The number of rotatable bonds is 6. The van der Waals surface area contributed by atoms with Crippen molar-refractivity contribution in [2.75, 3.05) is 30.9 Å². The number of benzene rings is 2. The Labute approximate surface area is 184 Å². The van der Waals surface area contributed by atoms with Crippen LogP contribution < -0.4 is 10.6 Å². The maximum absolute atomic E-state index is 13.2. The molecule has 162 valence electrons. The molecule has 8 nitrogen and oxygen atoms in total. The Hall–Kier alpha value is -2.04. The molecule has 0 aromatic heterocycles. The number of hydrogen-bond acceptors (Lipinski definition) is 5. The number of nitrogens with zero attached hydrogens (tertiary/aromatic N) is 1. The molecule has 30 heavy (non-hydrogen) atoms. The second-order valence-corrected chi connectivity index (χ2v) is 9.34. The fourth-order valence-corrected chi connectivity index (χ4v) is 5.79. The van der Waals surface area contributed by atoms with E-state index in [1.165, 1.54) is 23.5 Å². The van der Waals surface area contributed by atoms with Crippen molar-refractivity contribution in [1.82, 2.24) is 4.31 Å². The van der Waals surface area contributed by atoms with Crippen LogP contribution in [0.25, 0.3) is 0 Å². The van der Waals surface area contributed by atoms with E-state index in [1.54, 1.807) is 24.3 Å². The summed E-state index contributed by atoms with van der Waals surface area (Å²) in [5.74, 6) is -0.639. The predicted molar refractivity (Wildman–Crippen MR) is 116 cm³/mol. The van der Waals surface area contributed by atoms with Crippen molar-refractivity contribution in [2.24, 2.45) is 0 Å². The van der Waals surface area contributed by atoms with Gasteiger partial charge in [-0.3, -0.25) is 0 Å².